The van der Waals surface area contributed by atoms with Gasteiger partial charge in [0.05, 0.1) is 11.9 Å². The van der Waals surface area contributed by atoms with Gasteiger partial charge >= 0.3 is 0 Å². The topological polar surface area (TPSA) is 66.4 Å². The van der Waals surface area contributed by atoms with Gasteiger partial charge in [0.15, 0.2) is 0 Å². The third-order valence-corrected chi connectivity index (χ3v) is 5.00. The molecule has 0 aliphatic heterocycles. The molecule has 0 aliphatic carbocycles. The molecule has 120 valence electrons. The lowest BCUT2D eigenvalue weighted by atomic mass is 10.0. The van der Waals surface area contributed by atoms with Gasteiger partial charge in [-0.15, -0.1) is 0 Å². The van der Waals surface area contributed by atoms with Crippen molar-refractivity contribution in [2.24, 2.45) is 5.92 Å². The molecule has 4 nitrogen and oxygen atoms in total. The zero-order valence-corrected chi connectivity index (χ0v) is 13.8. The SMILES string of the molecule is CC(C)CCS(=O)(=O)NCC(O)c1ccc2ccccc2c1. The number of benzene rings is 2. The summed E-state index contributed by atoms with van der Waals surface area (Å²) in [5.41, 5.74) is 0.713. The second-order valence-electron chi connectivity index (χ2n) is 5.97. The summed E-state index contributed by atoms with van der Waals surface area (Å²) in [5, 5.41) is 12.3. The first-order valence-electron chi connectivity index (χ1n) is 7.51. The van der Waals surface area contributed by atoms with Crippen molar-refractivity contribution in [2.75, 3.05) is 12.3 Å². The molecule has 1 atom stereocenters. The van der Waals surface area contributed by atoms with Crippen LogP contribution in [0.3, 0.4) is 0 Å². The zero-order chi connectivity index (χ0) is 16.2. The predicted octanol–water partition coefficient (Wildman–Crippen LogP) is 2.84. The highest BCUT2D eigenvalue weighted by Gasteiger charge is 2.15. The van der Waals surface area contributed by atoms with Crippen molar-refractivity contribution < 1.29 is 13.5 Å². The van der Waals surface area contributed by atoms with Crippen molar-refractivity contribution >= 4 is 20.8 Å². The molecule has 0 spiro atoms. The van der Waals surface area contributed by atoms with Crippen LogP contribution in [0.4, 0.5) is 0 Å². The van der Waals surface area contributed by atoms with Gasteiger partial charge in [-0.05, 0) is 34.7 Å². The van der Waals surface area contributed by atoms with Crippen molar-refractivity contribution in [2.45, 2.75) is 26.4 Å². The van der Waals surface area contributed by atoms with E-state index in [9.17, 15) is 13.5 Å². The van der Waals surface area contributed by atoms with Crippen LogP contribution in [-0.2, 0) is 10.0 Å². The van der Waals surface area contributed by atoms with Crippen LogP contribution in [0.1, 0.15) is 31.9 Å². The lowest BCUT2D eigenvalue weighted by molar-refractivity contribution is 0.182. The molecule has 0 saturated carbocycles. The summed E-state index contributed by atoms with van der Waals surface area (Å²) < 4.78 is 26.2. The highest BCUT2D eigenvalue weighted by Crippen LogP contribution is 2.20. The lowest BCUT2D eigenvalue weighted by Crippen LogP contribution is -2.31. The van der Waals surface area contributed by atoms with E-state index in [4.69, 9.17) is 0 Å². The number of nitrogens with one attached hydrogen (secondary N) is 1. The monoisotopic (exact) mass is 321 g/mol. The number of hydrogen-bond acceptors (Lipinski definition) is 3. The minimum Gasteiger partial charge on any atom is -0.387 e. The summed E-state index contributed by atoms with van der Waals surface area (Å²) in [5.74, 6) is 0.428. The summed E-state index contributed by atoms with van der Waals surface area (Å²) in [6.45, 7) is 3.97. The Morgan fingerprint density at radius 2 is 1.77 bits per heavy atom. The average Bonchev–Trinajstić information content (AvgIpc) is 2.50. The Balaban J connectivity index is 2.00. The maximum atomic E-state index is 11.9. The Labute approximate surface area is 132 Å². The first kappa shape index (κ1) is 16.9. The molecule has 0 aliphatic rings. The van der Waals surface area contributed by atoms with Crippen LogP contribution >= 0.6 is 0 Å². The van der Waals surface area contributed by atoms with Gasteiger partial charge in [-0.25, -0.2) is 13.1 Å². The van der Waals surface area contributed by atoms with Crippen molar-refractivity contribution in [3.05, 3.63) is 48.0 Å². The Hall–Kier alpha value is -1.43. The van der Waals surface area contributed by atoms with Crippen LogP contribution in [0, 0.1) is 5.92 Å². The third kappa shape index (κ3) is 4.80. The normalized spacial score (nSPS) is 13.6. The number of fused-ring (bicyclic) bond motifs is 1. The molecule has 2 aromatic rings. The van der Waals surface area contributed by atoms with Crippen LogP contribution in [0.2, 0.25) is 0 Å². The fraction of sp³-hybridized carbons (Fsp3) is 0.412. The zero-order valence-electron chi connectivity index (χ0n) is 13.0. The van der Waals surface area contributed by atoms with E-state index in [1.165, 1.54) is 0 Å². The van der Waals surface area contributed by atoms with Gasteiger partial charge in [0.25, 0.3) is 0 Å². The van der Waals surface area contributed by atoms with E-state index in [-0.39, 0.29) is 12.3 Å². The largest absolute Gasteiger partial charge is 0.387 e. The molecule has 0 amide bonds. The molecule has 2 rings (SSSR count). The maximum absolute atomic E-state index is 11.9. The van der Waals surface area contributed by atoms with Gasteiger partial charge < -0.3 is 5.11 Å². The fourth-order valence-electron chi connectivity index (χ4n) is 2.20. The van der Waals surface area contributed by atoms with Crippen molar-refractivity contribution in [3.63, 3.8) is 0 Å². The van der Waals surface area contributed by atoms with Gasteiger partial charge in [-0.2, -0.15) is 0 Å². The number of rotatable bonds is 7. The second-order valence-corrected chi connectivity index (χ2v) is 7.90. The highest BCUT2D eigenvalue weighted by molar-refractivity contribution is 7.89. The number of aliphatic hydroxyl groups excluding tert-OH is 1. The standard InChI is InChI=1S/C17H23NO3S/c1-13(2)9-10-22(20,21)18-12-17(19)16-8-7-14-5-3-4-6-15(14)11-16/h3-8,11,13,17-19H,9-10,12H2,1-2H3. The van der Waals surface area contributed by atoms with E-state index < -0.39 is 16.1 Å². The van der Waals surface area contributed by atoms with Crippen LogP contribution in [0.5, 0.6) is 0 Å². The molecule has 0 heterocycles. The van der Waals surface area contributed by atoms with Gasteiger partial charge in [-0.3, -0.25) is 0 Å². The molecular weight excluding hydrogens is 298 g/mol. The quantitative estimate of drug-likeness (QED) is 0.824. The molecule has 2 N–H and O–H groups in total. The van der Waals surface area contributed by atoms with Gasteiger partial charge in [-0.1, -0.05) is 50.2 Å². The summed E-state index contributed by atoms with van der Waals surface area (Å²) in [4.78, 5) is 0. The Bertz CT molecular complexity index is 726. The summed E-state index contributed by atoms with van der Waals surface area (Å²) in [7, 11) is -3.33. The van der Waals surface area contributed by atoms with Crippen LogP contribution in [0.25, 0.3) is 10.8 Å². The second kappa shape index (κ2) is 7.22. The van der Waals surface area contributed by atoms with E-state index in [1.54, 1.807) is 0 Å². The Morgan fingerprint density at radius 3 is 2.45 bits per heavy atom. The lowest BCUT2D eigenvalue weighted by Gasteiger charge is -2.14. The van der Waals surface area contributed by atoms with E-state index in [2.05, 4.69) is 4.72 Å². The van der Waals surface area contributed by atoms with Gasteiger partial charge in [0.2, 0.25) is 10.0 Å². The van der Waals surface area contributed by atoms with Crippen LogP contribution < -0.4 is 4.72 Å². The molecule has 0 aromatic heterocycles. The van der Waals surface area contributed by atoms with Gasteiger partial charge in [0, 0.05) is 6.54 Å². The van der Waals surface area contributed by atoms with E-state index in [1.807, 2.05) is 56.3 Å². The van der Waals surface area contributed by atoms with Crippen LogP contribution in [-0.4, -0.2) is 25.8 Å². The van der Waals surface area contributed by atoms with Crippen molar-refractivity contribution in [1.29, 1.82) is 0 Å². The molecule has 0 bridgehead atoms. The minimum atomic E-state index is -3.33. The van der Waals surface area contributed by atoms with Crippen molar-refractivity contribution in [3.8, 4) is 0 Å². The first-order chi connectivity index (χ1) is 10.4. The molecule has 0 radical (unpaired) electrons. The van der Waals surface area contributed by atoms with E-state index in [0.29, 0.717) is 17.9 Å². The molecular formula is C17H23NO3S. The average molecular weight is 321 g/mol. The Morgan fingerprint density at radius 1 is 1.09 bits per heavy atom. The molecule has 0 saturated heterocycles. The number of sulfonamides is 1. The van der Waals surface area contributed by atoms with Crippen molar-refractivity contribution in [1.82, 2.24) is 4.72 Å². The molecule has 1 unspecified atom stereocenters. The minimum absolute atomic E-state index is 0.00122. The summed E-state index contributed by atoms with van der Waals surface area (Å²) in [6.07, 6.45) is -0.236. The number of hydrogen-bond donors (Lipinski definition) is 2. The van der Waals surface area contributed by atoms with Gasteiger partial charge in [0.1, 0.15) is 0 Å². The van der Waals surface area contributed by atoms with E-state index in [0.717, 1.165) is 10.8 Å². The molecule has 5 heteroatoms. The van der Waals surface area contributed by atoms with Crippen LogP contribution in [0.15, 0.2) is 42.5 Å². The molecule has 0 fully saturated rings. The predicted molar refractivity (Wildman–Crippen MR) is 90.2 cm³/mol. The Kier molecular flexibility index (Phi) is 5.56. The summed E-state index contributed by atoms with van der Waals surface area (Å²) >= 11 is 0. The molecule has 22 heavy (non-hydrogen) atoms. The number of aliphatic hydroxyl groups is 1. The smallest absolute Gasteiger partial charge is 0.211 e. The summed E-state index contributed by atoms with van der Waals surface area (Å²) in [6, 6.07) is 13.5. The molecule has 2 aromatic carbocycles. The highest BCUT2D eigenvalue weighted by atomic mass is 32.2. The fourth-order valence-corrected chi connectivity index (χ4v) is 3.54. The van der Waals surface area contributed by atoms with E-state index >= 15 is 0 Å². The third-order valence-electron chi connectivity index (χ3n) is 3.62. The first-order valence-corrected chi connectivity index (χ1v) is 9.17. The maximum Gasteiger partial charge on any atom is 0.211 e.